The highest BCUT2D eigenvalue weighted by Crippen LogP contribution is 2.27. The molecule has 0 saturated heterocycles. The van der Waals surface area contributed by atoms with Crippen molar-refractivity contribution in [3.8, 4) is 5.75 Å². The lowest BCUT2D eigenvalue weighted by Crippen LogP contribution is -1.95. The minimum atomic E-state index is -1.03. The zero-order valence-corrected chi connectivity index (χ0v) is 13.5. The molecule has 0 unspecified atom stereocenters. The van der Waals surface area contributed by atoms with Gasteiger partial charge in [-0.05, 0) is 29.3 Å². The van der Waals surface area contributed by atoms with Gasteiger partial charge in [-0.3, -0.25) is 0 Å². The van der Waals surface area contributed by atoms with E-state index in [4.69, 9.17) is 9.84 Å². The Balaban J connectivity index is 1.91. The molecule has 5 nitrogen and oxygen atoms in total. The van der Waals surface area contributed by atoms with E-state index in [1.165, 1.54) is 6.20 Å². The number of aldehydes is 1. The maximum absolute atomic E-state index is 10.9. The summed E-state index contributed by atoms with van der Waals surface area (Å²) in [6, 6.07) is 15.4. The van der Waals surface area contributed by atoms with Crippen LogP contribution in [0.1, 0.15) is 11.1 Å². The largest absolute Gasteiger partial charge is 0.489 e. The van der Waals surface area contributed by atoms with Crippen molar-refractivity contribution in [2.75, 3.05) is 0 Å². The lowest BCUT2D eigenvalue weighted by atomic mass is 10.1. The monoisotopic (exact) mass is 335 g/mol. The number of aliphatic carboxylic acids is 1. The minimum Gasteiger partial charge on any atom is -0.489 e. The third kappa shape index (κ3) is 3.95. The average molecular weight is 335 g/mol. The lowest BCUT2D eigenvalue weighted by Gasteiger charge is -2.07. The van der Waals surface area contributed by atoms with Crippen molar-refractivity contribution in [1.29, 1.82) is 0 Å². The van der Waals surface area contributed by atoms with Crippen molar-refractivity contribution in [1.82, 2.24) is 4.57 Å². The van der Waals surface area contributed by atoms with Gasteiger partial charge in [0.05, 0.1) is 5.52 Å². The summed E-state index contributed by atoms with van der Waals surface area (Å²) < 4.78 is 7.53. The van der Waals surface area contributed by atoms with Crippen LogP contribution in [0.2, 0.25) is 0 Å². The second kappa shape index (κ2) is 7.49. The number of carbonyl (C=O) groups excluding carboxylic acids is 1. The van der Waals surface area contributed by atoms with Crippen LogP contribution in [0.25, 0.3) is 17.1 Å². The van der Waals surface area contributed by atoms with Gasteiger partial charge in [0.1, 0.15) is 18.6 Å². The van der Waals surface area contributed by atoms with Crippen molar-refractivity contribution < 1.29 is 19.4 Å². The van der Waals surface area contributed by atoms with Gasteiger partial charge in [-0.2, -0.15) is 0 Å². The molecule has 1 aromatic heterocycles. The first-order valence-electron chi connectivity index (χ1n) is 7.82. The fourth-order valence-corrected chi connectivity index (χ4v) is 2.66. The van der Waals surface area contributed by atoms with Crippen LogP contribution in [0.3, 0.4) is 0 Å². The lowest BCUT2D eigenvalue weighted by molar-refractivity contribution is -0.131. The maximum atomic E-state index is 10.9. The molecule has 0 fully saturated rings. The van der Waals surface area contributed by atoms with Gasteiger partial charge < -0.3 is 19.2 Å². The van der Waals surface area contributed by atoms with Gasteiger partial charge in [0.2, 0.25) is 0 Å². The van der Waals surface area contributed by atoms with Crippen molar-refractivity contribution in [3.63, 3.8) is 0 Å². The molecule has 3 aromatic rings. The van der Waals surface area contributed by atoms with E-state index in [0.717, 1.165) is 34.4 Å². The van der Waals surface area contributed by atoms with E-state index in [-0.39, 0.29) is 6.42 Å². The molecule has 0 aliphatic carbocycles. The third-order valence-corrected chi connectivity index (χ3v) is 3.82. The normalized spacial score (nSPS) is 11.0. The first-order valence-corrected chi connectivity index (χ1v) is 7.82. The van der Waals surface area contributed by atoms with Crippen molar-refractivity contribution in [2.45, 2.75) is 13.0 Å². The number of hydrogen-bond donors (Lipinski definition) is 1. The van der Waals surface area contributed by atoms with Gasteiger partial charge in [-0.1, -0.05) is 30.3 Å². The van der Waals surface area contributed by atoms with Gasteiger partial charge in [0.15, 0.2) is 0 Å². The zero-order chi connectivity index (χ0) is 17.6. The van der Waals surface area contributed by atoms with Crippen LogP contribution in [0.5, 0.6) is 5.75 Å². The predicted molar refractivity (Wildman–Crippen MR) is 95.4 cm³/mol. The summed E-state index contributed by atoms with van der Waals surface area (Å²) in [6.45, 7) is 0.453. The van der Waals surface area contributed by atoms with E-state index >= 15 is 0 Å². The first-order chi connectivity index (χ1) is 12.2. The van der Waals surface area contributed by atoms with Crippen molar-refractivity contribution >= 4 is 29.4 Å². The topological polar surface area (TPSA) is 68.5 Å². The Hall–Kier alpha value is -3.34. The summed E-state index contributed by atoms with van der Waals surface area (Å²) in [5.74, 6) is -0.329. The molecule has 0 saturated carbocycles. The average Bonchev–Trinajstić information content (AvgIpc) is 2.97. The molecular formula is C20H17NO4. The number of carbonyl (C=O) groups is 2. The van der Waals surface area contributed by atoms with Crippen molar-refractivity contribution in [2.24, 2.45) is 0 Å². The quantitative estimate of drug-likeness (QED) is 0.530. The van der Waals surface area contributed by atoms with Gasteiger partial charge in [-0.25, -0.2) is 4.79 Å². The molecule has 0 amide bonds. The summed E-state index contributed by atoms with van der Waals surface area (Å²) in [5.41, 5.74) is 2.71. The molecule has 0 bridgehead atoms. The highest BCUT2D eigenvalue weighted by Gasteiger charge is 2.09. The Kier molecular flexibility index (Phi) is 4.95. The smallest absolute Gasteiger partial charge is 0.329 e. The Morgan fingerprint density at radius 1 is 1.16 bits per heavy atom. The van der Waals surface area contributed by atoms with Crippen LogP contribution in [-0.4, -0.2) is 21.9 Å². The molecular weight excluding hydrogens is 318 g/mol. The van der Waals surface area contributed by atoms with Crippen LogP contribution in [0.4, 0.5) is 0 Å². The number of nitrogens with zero attached hydrogens (tertiary/aromatic N) is 1. The van der Waals surface area contributed by atoms with Crippen LogP contribution >= 0.6 is 0 Å². The van der Waals surface area contributed by atoms with Crippen LogP contribution in [0.15, 0.2) is 60.8 Å². The summed E-state index contributed by atoms with van der Waals surface area (Å²) in [5, 5.41) is 9.67. The molecule has 0 atom stereocenters. The summed E-state index contributed by atoms with van der Waals surface area (Å²) in [7, 11) is 0. The van der Waals surface area contributed by atoms with E-state index in [9.17, 15) is 9.59 Å². The zero-order valence-electron chi connectivity index (χ0n) is 13.5. The SMILES string of the molecule is O=CCc1cn(/C=C/C(=O)O)c2ccc(OCc3ccccc3)cc12. The Labute approximate surface area is 144 Å². The van der Waals surface area contributed by atoms with E-state index in [1.807, 2.05) is 48.5 Å². The molecule has 0 aliphatic heterocycles. The summed E-state index contributed by atoms with van der Waals surface area (Å²) >= 11 is 0. The number of benzene rings is 2. The molecule has 1 N–H and O–H groups in total. The van der Waals surface area contributed by atoms with Crippen LogP contribution in [-0.2, 0) is 22.6 Å². The Morgan fingerprint density at radius 3 is 2.68 bits per heavy atom. The van der Waals surface area contributed by atoms with Crippen molar-refractivity contribution in [3.05, 3.63) is 71.9 Å². The van der Waals surface area contributed by atoms with Gasteiger partial charge in [-0.15, -0.1) is 0 Å². The number of carboxylic acid groups (broad SMARTS) is 1. The van der Waals surface area contributed by atoms with E-state index in [0.29, 0.717) is 12.4 Å². The Morgan fingerprint density at radius 2 is 1.96 bits per heavy atom. The molecule has 0 aliphatic rings. The fraction of sp³-hybridized carbons (Fsp3) is 0.100. The Bertz CT molecular complexity index is 926. The number of rotatable bonds is 7. The maximum Gasteiger partial charge on any atom is 0.329 e. The minimum absolute atomic E-state index is 0.256. The first kappa shape index (κ1) is 16.5. The molecule has 126 valence electrons. The van der Waals surface area contributed by atoms with Crippen LogP contribution in [0, 0.1) is 0 Å². The highest BCUT2D eigenvalue weighted by atomic mass is 16.5. The van der Waals surface area contributed by atoms with E-state index < -0.39 is 5.97 Å². The molecule has 0 radical (unpaired) electrons. The second-order valence-electron chi connectivity index (χ2n) is 5.54. The number of aromatic nitrogens is 1. The number of ether oxygens (including phenoxy) is 1. The van der Waals surface area contributed by atoms with E-state index in [1.54, 1.807) is 10.8 Å². The predicted octanol–water partition coefficient (Wildman–Crippen LogP) is 3.52. The number of hydrogen-bond acceptors (Lipinski definition) is 3. The van der Waals surface area contributed by atoms with Gasteiger partial charge >= 0.3 is 5.97 Å². The third-order valence-electron chi connectivity index (χ3n) is 3.82. The fourth-order valence-electron chi connectivity index (χ4n) is 2.66. The van der Waals surface area contributed by atoms with Gasteiger partial charge in [0, 0.05) is 30.3 Å². The molecule has 3 rings (SSSR count). The van der Waals surface area contributed by atoms with Gasteiger partial charge in [0.25, 0.3) is 0 Å². The number of fused-ring (bicyclic) bond motifs is 1. The van der Waals surface area contributed by atoms with E-state index in [2.05, 4.69) is 0 Å². The molecule has 2 aromatic carbocycles. The molecule has 5 heteroatoms. The second-order valence-corrected chi connectivity index (χ2v) is 5.54. The molecule has 1 heterocycles. The number of carboxylic acids is 1. The highest BCUT2D eigenvalue weighted by molar-refractivity contribution is 5.90. The molecule has 0 spiro atoms. The standard InChI is InChI=1S/C20H17NO4/c22-11-9-16-13-21(10-8-20(23)24)19-7-6-17(12-18(16)19)25-14-15-4-2-1-3-5-15/h1-8,10-13H,9,14H2,(H,23,24)/b10-8+. The summed E-state index contributed by atoms with van der Waals surface area (Å²) in [4.78, 5) is 21.7. The summed E-state index contributed by atoms with van der Waals surface area (Å²) in [6.07, 6.45) is 5.37. The molecule has 25 heavy (non-hydrogen) atoms. The van der Waals surface area contributed by atoms with Crippen LogP contribution < -0.4 is 4.74 Å².